The Kier molecular flexibility index (Phi) is 4.21. The summed E-state index contributed by atoms with van der Waals surface area (Å²) in [4.78, 5) is 4.73. The number of aromatic nitrogens is 2. The molecule has 0 saturated carbocycles. The summed E-state index contributed by atoms with van der Waals surface area (Å²) in [7, 11) is 1.69. The number of hydrogen-bond acceptors (Lipinski definition) is 2. The lowest BCUT2D eigenvalue weighted by Gasteiger charge is -2.12. The zero-order chi connectivity index (χ0) is 18.1. The van der Waals surface area contributed by atoms with Crippen molar-refractivity contribution in [1.29, 1.82) is 0 Å². The number of fused-ring (bicyclic) bond motifs is 1. The van der Waals surface area contributed by atoms with Gasteiger partial charge in [0.1, 0.15) is 5.75 Å². The summed E-state index contributed by atoms with van der Waals surface area (Å²) < 4.78 is 7.67. The minimum Gasteiger partial charge on any atom is -0.497 e. The van der Waals surface area contributed by atoms with Crippen molar-refractivity contribution in [3.63, 3.8) is 0 Å². The maximum atomic E-state index is 5.29. The minimum absolute atomic E-state index is 0.839. The van der Waals surface area contributed by atoms with Crippen molar-refractivity contribution in [1.82, 2.24) is 9.55 Å². The largest absolute Gasteiger partial charge is 0.497 e. The summed E-state index contributed by atoms with van der Waals surface area (Å²) in [6, 6.07) is 20.8. The van der Waals surface area contributed by atoms with Crippen molar-refractivity contribution in [3.05, 3.63) is 83.7 Å². The molecule has 0 aliphatic carbocycles. The van der Waals surface area contributed by atoms with Gasteiger partial charge in [0.05, 0.1) is 18.3 Å². The van der Waals surface area contributed by atoms with E-state index in [2.05, 4.69) is 66.9 Å². The van der Waals surface area contributed by atoms with Crippen molar-refractivity contribution in [2.24, 2.45) is 0 Å². The van der Waals surface area contributed by atoms with Crippen LogP contribution >= 0.6 is 0 Å². The van der Waals surface area contributed by atoms with E-state index in [0.717, 1.165) is 23.6 Å². The van der Waals surface area contributed by atoms with Crippen LogP contribution in [0.4, 0.5) is 0 Å². The van der Waals surface area contributed by atoms with Crippen molar-refractivity contribution < 1.29 is 4.74 Å². The number of hydrogen-bond donors (Lipinski definition) is 0. The van der Waals surface area contributed by atoms with E-state index in [1.54, 1.807) is 7.11 Å². The third-order valence-corrected chi connectivity index (χ3v) is 5.09. The van der Waals surface area contributed by atoms with Gasteiger partial charge in [-0.1, -0.05) is 30.3 Å². The summed E-state index contributed by atoms with van der Waals surface area (Å²) in [5.74, 6) is 0.855. The summed E-state index contributed by atoms with van der Waals surface area (Å²) in [6.45, 7) is 5.22. The standard InChI is InChI=1S/C23H22N2O/c1-16-17(2)25(15-18-7-5-4-6-8-18)23-21(16)13-14-24-22(23)19-9-11-20(26-3)12-10-19/h4-14H,15H2,1-3H3. The van der Waals surface area contributed by atoms with E-state index in [4.69, 9.17) is 9.72 Å². The zero-order valence-corrected chi connectivity index (χ0v) is 15.4. The second-order valence-electron chi connectivity index (χ2n) is 6.57. The van der Waals surface area contributed by atoms with Crippen LogP contribution in [0, 0.1) is 13.8 Å². The highest BCUT2D eigenvalue weighted by atomic mass is 16.5. The van der Waals surface area contributed by atoms with Crippen LogP contribution in [0.5, 0.6) is 5.75 Å². The predicted octanol–water partition coefficient (Wildman–Crippen LogP) is 5.38. The van der Waals surface area contributed by atoms with E-state index >= 15 is 0 Å². The molecule has 0 bridgehead atoms. The first-order chi connectivity index (χ1) is 12.7. The number of benzene rings is 2. The molecule has 2 heterocycles. The van der Waals surface area contributed by atoms with E-state index in [1.165, 1.54) is 27.7 Å². The molecule has 0 spiro atoms. The Hall–Kier alpha value is -3.07. The quantitative estimate of drug-likeness (QED) is 0.498. The summed E-state index contributed by atoms with van der Waals surface area (Å²) >= 11 is 0. The van der Waals surface area contributed by atoms with Crippen molar-refractivity contribution in [2.45, 2.75) is 20.4 Å². The minimum atomic E-state index is 0.839. The summed E-state index contributed by atoms with van der Waals surface area (Å²) in [5.41, 5.74) is 7.19. The van der Waals surface area contributed by atoms with Gasteiger partial charge in [0.15, 0.2) is 0 Å². The van der Waals surface area contributed by atoms with Crippen LogP contribution < -0.4 is 4.74 Å². The Balaban J connectivity index is 1.92. The Bertz CT molecular complexity index is 1050. The third kappa shape index (κ3) is 2.76. The molecule has 3 nitrogen and oxygen atoms in total. The second-order valence-corrected chi connectivity index (χ2v) is 6.57. The molecule has 2 aromatic heterocycles. The van der Waals surface area contributed by atoms with Gasteiger partial charge in [0.2, 0.25) is 0 Å². The van der Waals surface area contributed by atoms with Gasteiger partial charge in [-0.3, -0.25) is 4.98 Å². The average molecular weight is 342 g/mol. The molecule has 0 N–H and O–H groups in total. The first-order valence-electron chi connectivity index (χ1n) is 8.82. The van der Waals surface area contributed by atoms with Crippen molar-refractivity contribution in [2.75, 3.05) is 7.11 Å². The molecule has 2 aromatic carbocycles. The molecule has 4 rings (SSSR count). The van der Waals surface area contributed by atoms with Crippen LogP contribution in [-0.2, 0) is 6.54 Å². The van der Waals surface area contributed by atoms with Crippen LogP contribution in [0.2, 0.25) is 0 Å². The molecule has 4 aromatic rings. The molecular weight excluding hydrogens is 320 g/mol. The third-order valence-electron chi connectivity index (χ3n) is 5.09. The van der Waals surface area contributed by atoms with Gasteiger partial charge in [0, 0.05) is 29.4 Å². The van der Waals surface area contributed by atoms with Crippen LogP contribution in [0.25, 0.3) is 22.2 Å². The molecule has 0 amide bonds. The number of aryl methyl sites for hydroxylation is 1. The SMILES string of the molecule is COc1ccc(-c2nccc3c(C)c(C)n(Cc4ccccc4)c23)cc1. The number of nitrogens with zero attached hydrogens (tertiary/aromatic N) is 2. The Morgan fingerprint density at radius 1 is 0.923 bits per heavy atom. The van der Waals surface area contributed by atoms with Crippen LogP contribution in [-0.4, -0.2) is 16.7 Å². The molecule has 0 aliphatic rings. The highest BCUT2D eigenvalue weighted by Gasteiger charge is 2.16. The lowest BCUT2D eigenvalue weighted by atomic mass is 10.1. The van der Waals surface area contributed by atoms with Gasteiger partial charge in [0.25, 0.3) is 0 Å². The molecule has 0 fully saturated rings. The normalized spacial score (nSPS) is 11.0. The summed E-state index contributed by atoms with van der Waals surface area (Å²) in [5, 5.41) is 1.26. The molecule has 0 radical (unpaired) electrons. The van der Waals surface area contributed by atoms with Crippen molar-refractivity contribution in [3.8, 4) is 17.0 Å². The maximum Gasteiger partial charge on any atom is 0.118 e. The highest BCUT2D eigenvalue weighted by Crippen LogP contribution is 2.33. The Morgan fingerprint density at radius 3 is 2.35 bits per heavy atom. The summed E-state index contributed by atoms with van der Waals surface area (Å²) in [6.07, 6.45) is 1.90. The topological polar surface area (TPSA) is 27.1 Å². The predicted molar refractivity (Wildman–Crippen MR) is 107 cm³/mol. The number of rotatable bonds is 4. The first-order valence-corrected chi connectivity index (χ1v) is 8.82. The van der Waals surface area contributed by atoms with Crippen LogP contribution in [0.1, 0.15) is 16.8 Å². The highest BCUT2D eigenvalue weighted by molar-refractivity contribution is 5.95. The van der Waals surface area contributed by atoms with Crippen molar-refractivity contribution >= 4 is 10.9 Å². The van der Waals surface area contributed by atoms with E-state index in [-0.39, 0.29) is 0 Å². The number of ether oxygens (including phenoxy) is 1. The smallest absolute Gasteiger partial charge is 0.118 e. The van der Waals surface area contributed by atoms with E-state index in [9.17, 15) is 0 Å². The van der Waals surface area contributed by atoms with E-state index in [0.29, 0.717) is 0 Å². The molecule has 3 heteroatoms. The van der Waals surface area contributed by atoms with Crippen LogP contribution in [0.15, 0.2) is 66.9 Å². The fraction of sp³-hybridized carbons (Fsp3) is 0.174. The van der Waals surface area contributed by atoms with E-state index < -0.39 is 0 Å². The molecule has 0 unspecified atom stereocenters. The van der Waals surface area contributed by atoms with E-state index in [1.807, 2.05) is 18.3 Å². The lowest BCUT2D eigenvalue weighted by Crippen LogP contribution is -2.03. The maximum absolute atomic E-state index is 5.29. The van der Waals surface area contributed by atoms with Gasteiger partial charge in [-0.25, -0.2) is 0 Å². The average Bonchev–Trinajstić information content (AvgIpc) is 2.94. The van der Waals surface area contributed by atoms with Gasteiger partial charge in [-0.05, 0) is 55.3 Å². The molecule has 0 atom stereocenters. The Morgan fingerprint density at radius 2 is 1.65 bits per heavy atom. The molecule has 0 aliphatic heterocycles. The molecular formula is C23H22N2O. The van der Waals surface area contributed by atoms with Gasteiger partial charge < -0.3 is 9.30 Å². The first kappa shape index (κ1) is 16.4. The fourth-order valence-electron chi connectivity index (χ4n) is 3.52. The zero-order valence-electron chi connectivity index (χ0n) is 15.4. The Labute approximate surface area is 153 Å². The van der Waals surface area contributed by atoms with Gasteiger partial charge >= 0.3 is 0 Å². The van der Waals surface area contributed by atoms with Crippen LogP contribution in [0.3, 0.4) is 0 Å². The molecule has 26 heavy (non-hydrogen) atoms. The molecule has 0 saturated heterocycles. The second kappa shape index (κ2) is 6.68. The van der Waals surface area contributed by atoms with Gasteiger partial charge in [-0.2, -0.15) is 0 Å². The molecule has 130 valence electrons. The number of methoxy groups -OCH3 is 1. The van der Waals surface area contributed by atoms with Gasteiger partial charge in [-0.15, -0.1) is 0 Å². The lowest BCUT2D eigenvalue weighted by molar-refractivity contribution is 0.415. The number of pyridine rings is 1. The monoisotopic (exact) mass is 342 g/mol. The fourth-order valence-corrected chi connectivity index (χ4v) is 3.52.